The Morgan fingerprint density at radius 3 is 2.71 bits per heavy atom. The number of nitrogens with one attached hydrogen (secondary N) is 1. The lowest BCUT2D eigenvalue weighted by Crippen LogP contribution is -2.23. The summed E-state index contributed by atoms with van der Waals surface area (Å²) in [6.45, 7) is 5.93. The van der Waals surface area contributed by atoms with Gasteiger partial charge in [-0.1, -0.05) is 0 Å². The largest absolute Gasteiger partial charge is 0.317 e. The van der Waals surface area contributed by atoms with Crippen molar-refractivity contribution in [1.29, 1.82) is 5.41 Å². The molecule has 1 N–H and O–H groups in total. The zero-order valence-electron chi connectivity index (χ0n) is 14.7. The maximum Gasteiger partial charge on any atom is 0.150 e. The average molecular weight is 324 g/mol. The van der Waals surface area contributed by atoms with Crippen LogP contribution in [-0.2, 0) is 6.54 Å². The van der Waals surface area contributed by atoms with Crippen molar-refractivity contribution in [2.24, 2.45) is 0 Å². The normalized spacial score (nSPS) is 11.5. The average Bonchev–Trinajstić information content (AvgIpc) is 2.82. The number of aryl methyl sites for hydroxylation is 2. The third-order valence-electron chi connectivity index (χ3n) is 4.44. The van der Waals surface area contributed by atoms with Gasteiger partial charge in [0.1, 0.15) is 5.49 Å². The van der Waals surface area contributed by atoms with Gasteiger partial charge in [0.15, 0.2) is 5.65 Å². The van der Waals surface area contributed by atoms with E-state index in [1.54, 1.807) is 12.5 Å². The Morgan fingerprint density at radius 2 is 2.04 bits per heavy atom. The van der Waals surface area contributed by atoms with Gasteiger partial charge in [0.05, 0.1) is 23.6 Å². The Labute approximate surface area is 141 Å². The minimum atomic E-state index is 0.530. The molecular weight excluding hydrogens is 300 g/mol. The van der Waals surface area contributed by atoms with Gasteiger partial charge in [-0.15, -0.1) is 0 Å². The fourth-order valence-electron chi connectivity index (χ4n) is 3.05. The molecule has 0 aliphatic rings. The van der Waals surface area contributed by atoms with Crippen molar-refractivity contribution in [2.45, 2.75) is 26.8 Å². The molecule has 3 aromatic heterocycles. The monoisotopic (exact) mass is 324 g/mol. The molecule has 0 radical (unpaired) electrons. The fraction of sp³-hybridized carbons (Fsp3) is 0.389. The summed E-state index contributed by atoms with van der Waals surface area (Å²) in [5.41, 5.74) is 4.54. The molecule has 0 aliphatic carbocycles. The van der Waals surface area contributed by atoms with E-state index in [4.69, 9.17) is 5.41 Å². The van der Waals surface area contributed by atoms with Crippen molar-refractivity contribution in [3.8, 4) is 5.69 Å². The molecule has 3 rings (SSSR count). The van der Waals surface area contributed by atoms with Gasteiger partial charge in [-0.2, -0.15) is 0 Å². The molecular formula is C18H24N6. The first-order valence-electron chi connectivity index (χ1n) is 8.17. The predicted molar refractivity (Wildman–Crippen MR) is 95.4 cm³/mol. The standard InChI is InChI=1S/C18H24N6/c1-13-14(2)24(15-7-5-8-20-11-15)18-16(13)17(19)23(12-21-18)10-6-9-22(3)4/h5,7-8,11-12,19H,6,9-10H2,1-4H3. The SMILES string of the molecule is Cc1c(C)n(-c2cccnc2)c2ncn(CCCN(C)C)c(=N)c12. The van der Waals surface area contributed by atoms with Crippen molar-refractivity contribution < 1.29 is 0 Å². The van der Waals surface area contributed by atoms with Gasteiger partial charge < -0.3 is 9.47 Å². The summed E-state index contributed by atoms with van der Waals surface area (Å²) < 4.78 is 4.02. The molecule has 0 amide bonds. The Bertz CT molecular complexity index is 905. The highest BCUT2D eigenvalue weighted by Gasteiger charge is 2.16. The van der Waals surface area contributed by atoms with Crippen LogP contribution in [0.1, 0.15) is 17.7 Å². The Balaban J connectivity index is 2.10. The molecule has 0 saturated heterocycles. The van der Waals surface area contributed by atoms with E-state index in [0.717, 1.165) is 47.5 Å². The van der Waals surface area contributed by atoms with E-state index in [1.165, 1.54) is 0 Å². The molecule has 0 aromatic carbocycles. The number of nitrogens with zero attached hydrogens (tertiary/aromatic N) is 5. The van der Waals surface area contributed by atoms with Crippen LogP contribution in [0.3, 0.4) is 0 Å². The van der Waals surface area contributed by atoms with Crippen LogP contribution in [-0.4, -0.2) is 44.6 Å². The molecule has 126 valence electrons. The number of fused-ring (bicyclic) bond motifs is 1. The molecule has 0 atom stereocenters. The van der Waals surface area contributed by atoms with Gasteiger partial charge in [0, 0.05) is 18.4 Å². The van der Waals surface area contributed by atoms with Gasteiger partial charge in [0.2, 0.25) is 0 Å². The first kappa shape index (κ1) is 16.4. The second-order valence-electron chi connectivity index (χ2n) is 6.40. The summed E-state index contributed by atoms with van der Waals surface area (Å²) >= 11 is 0. The van der Waals surface area contributed by atoms with Crippen molar-refractivity contribution in [3.05, 3.63) is 47.6 Å². The maximum absolute atomic E-state index is 8.62. The number of rotatable bonds is 5. The van der Waals surface area contributed by atoms with E-state index in [-0.39, 0.29) is 0 Å². The predicted octanol–water partition coefficient (Wildman–Crippen LogP) is 2.27. The quantitative estimate of drug-likeness (QED) is 0.783. The molecule has 6 nitrogen and oxygen atoms in total. The van der Waals surface area contributed by atoms with E-state index < -0.39 is 0 Å². The summed E-state index contributed by atoms with van der Waals surface area (Å²) in [5.74, 6) is 0. The molecule has 0 fully saturated rings. The highest BCUT2D eigenvalue weighted by molar-refractivity contribution is 5.82. The molecule has 3 aromatic rings. The minimum Gasteiger partial charge on any atom is -0.317 e. The first-order valence-corrected chi connectivity index (χ1v) is 8.17. The van der Waals surface area contributed by atoms with E-state index >= 15 is 0 Å². The summed E-state index contributed by atoms with van der Waals surface area (Å²) in [4.78, 5) is 11.0. The van der Waals surface area contributed by atoms with Gasteiger partial charge in [-0.25, -0.2) is 4.98 Å². The van der Waals surface area contributed by atoms with Crippen LogP contribution in [0.25, 0.3) is 16.7 Å². The van der Waals surface area contributed by atoms with Crippen molar-refractivity contribution >= 4 is 11.0 Å². The number of aromatic nitrogens is 4. The lowest BCUT2D eigenvalue weighted by Gasteiger charge is -2.11. The van der Waals surface area contributed by atoms with Crippen LogP contribution >= 0.6 is 0 Å². The summed E-state index contributed by atoms with van der Waals surface area (Å²) in [6.07, 6.45) is 6.37. The smallest absolute Gasteiger partial charge is 0.150 e. The van der Waals surface area contributed by atoms with E-state index in [0.29, 0.717) is 5.49 Å². The molecule has 0 spiro atoms. The lowest BCUT2D eigenvalue weighted by atomic mass is 10.2. The van der Waals surface area contributed by atoms with Crippen molar-refractivity contribution in [3.63, 3.8) is 0 Å². The Morgan fingerprint density at radius 1 is 1.25 bits per heavy atom. The fourth-order valence-corrected chi connectivity index (χ4v) is 3.05. The molecule has 24 heavy (non-hydrogen) atoms. The lowest BCUT2D eigenvalue weighted by molar-refractivity contribution is 0.383. The van der Waals surface area contributed by atoms with Crippen LogP contribution in [0.5, 0.6) is 0 Å². The maximum atomic E-state index is 8.62. The van der Waals surface area contributed by atoms with Crippen molar-refractivity contribution in [1.82, 2.24) is 24.0 Å². The topological polar surface area (TPSA) is 62.7 Å². The molecule has 3 heterocycles. The first-order chi connectivity index (χ1) is 11.5. The zero-order valence-corrected chi connectivity index (χ0v) is 14.7. The van der Waals surface area contributed by atoms with Gasteiger partial charge in [-0.05, 0) is 58.6 Å². The van der Waals surface area contributed by atoms with Crippen molar-refractivity contribution in [2.75, 3.05) is 20.6 Å². The minimum absolute atomic E-state index is 0.530. The number of pyridine rings is 1. The third kappa shape index (κ3) is 2.85. The van der Waals surface area contributed by atoms with Gasteiger partial charge in [0.25, 0.3) is 0 Å². The number of hydrogen-bond donors (Lipinski definition) is 1. The van der Waals surface area contributed by atoms with Crippen LogP contribution in [0.15, 0.2) is 30.9 Å². The van der Waals surface area contributed by atoms with E-state index in [9.17, 15) is 0 Å². The number of hydrogen-bond acceptors (Lipinski definition) is 4. The molecule has 0 aliphatic heterocycles. The molecule has 0 bridgehead atoms. The molecule has 0 saturated carbocycles. The molecule has 0 unspecified atom stereocenters. The molecule has 6 heteroatoms. The van der Waals surface area contributed by atoms with Gasteiger partial charge >= 0.3 is 0 Å². The Kier molecular flexibility index (Phi) is 4.49. The van der Waals surface area contributed by atoms with E-state index in [2.05, 4.69) is 47.4 Å². The highest BCUT2D eigenvalue weighted by atomic mass is 15.1. The Hall–Kier alpha value is -2.47. The summed E-state index contributed by atoms with van der Waals surface area (Å²) in [7, 11) is 4.13. The van der Waals surface area contributed by atoms with E-state index in [1.807, 2.05) is 22.9 Å². The van der Waals surface area contributed by atoms with Crippen LogP contribution in [0.2, 0.25) is 0 Å². The van der Waals surface area contributed by atoms with Crippen LogP contribution in [0, 0.1) is 19.3 Å². The second kappa shape index (κ2) is 6.57. The summed E-state index contributed by atoms with van der Waals surface area (Å²) in [6, 6.07) is 3.93. The highest BCUT2D eigenvalue weighted by Crippen LogP contribution is 2.24. The summed E-state index contributed by atoms with van der Waals surface area (Å²) in [5, 5.41) is 9.54. The van der Waals surface area contributed by atoms with Gasteiger partial charge in [-0.3, -0.25) is 15.0 Å². The second-order valence-corrected chi connectivity index (χ2v) is 6.40. The third-order valence-corrected chi connectivity index (χ3v) is 4.44. The van der Waals surface area contributed by atoms with Crippen LogP contribution in [0.4, 0.5) is 0 Å². The van der Waals surface area contributed by atoms with Crippen LogP contribution < -0.4 is 5.49 Å². The zero-order chi connectivity index (χ0) is 17.3.